The van der Waals surface area contributed by atoms with E-state index in [0.717, 1.165) is 17.1 Å². The van der Waals surface area contributed by atoms with Crippen LogP contribution in [-0.2, 0) is 5.41 Å². The zero-order chi connectivity index (χ0) is 43.6. The summed E-state index contributed by atoms with van der Waals surface area (Å²) in [4.78, 5) is 2.46. The lowest BCUT2D eigenvalue weighted by atomic mass is 9.67. The van der Waals surface area contributed by atoms with Gasteiger partial charge in [-0.2, -0.15) is 0 Å². The fraction of sp³-hybridized carbons (Fsp3) is 0.0154. The minimum Gasteiger partial charge on any atom is -0.310 e. The molecule has 0 atom stereocenters. The predicted octanol–water partition coefficient (Wildman–Crippen LogP) is 17.5. The molecule has 0 amide bonds. The van der Waals surface area contributed by atoms with E-state index in [2.05, 4.69) is 266 Å². The summed E-state index contributed by atoms with van der Waals surface area (Å²) >= 11 is 0. The molecule has 0 N–H and O–H groups in total. The van der Waals surface area contributed by atoms with Crippen LogP contribution in [0.1, 0.15) is 22.3 Å². The van der Waals surface area contributed by atoms with Gasteiger partial charge in [-0.15, -0.1) is 0 Å². The highest BCUT2D eigenvalue weighted by atomic mass is 15.1. The maximum absolute atomic E-state index is 2.47. The molecule has 0 bridgehead atoms. The summed E-state index contributed by atoms with van der Waals surface area (Å²) in [5.41, 5.74) is 15.1. The van der Waals surface area contributed by atoms with E-state index in [1.807, 2.05) is 0 Å². The van der Waals surface area contributed by atoms with Crippen molar-refractivity contribution in [2.45, 2.75) is 5.41 Å². The van der Waals surface area contributed by atoms with Gasteiger partial charge in [0.05, 0.1) is 5.41 Å². The number of hydrogen-bond donors (Lipinski definition) is 0. The van der Waals surface area contributed by atoms with E-state index in [4.69, 9.17) is 0 Å². The first-order chi connectivity index (χ1) is 32.7. The molecule has 0 radical (unpaired) electrons. The van der Waals surface area contributed by atoms with Crippen molar-refractivity contribution in [1.29, 1.82) is 0 Å². The van der Waals surface area contributed by atoms with E-state index in [1.54, 1.807) is 0 Å². The molecule has 1 heteroatoms. The van der Waals surface area contributed by atoms with Gasteiger partial charge in [-0.25, -0.2) is 0 Å². The molecule has 1 nitrogen and oxygen atoms in total. The Bertz CT molecular complexity index is 3630. The molecule has 0 saturated carbocycles. The van der Waals surface area contributed by atoms with E-state index < -0.39 is 5.41 Å². The quantitative estimate of drug-likeness (QED) is 0.145. The van der Waals surface area contributed by atoms with E-state index in [9.17, 15) is 0 Å². The molecule has 12 aromatic rings. The van der Waals surface area contributed by atoms with Crippen LogP contribution in [0, 0.1) is 0 Å². The summed E-state index contributed by atoms with van der Waals surface area (Å²) in [5, 5.41) is 10.1. The van der Waals surface area contributed by atoms with Crippen LogP contribution in [0.4, 0.5) is 17.1 Å². The Hall–Kier alpha value is -8.52. The molecule has 0 unspecified atom stereocenters. The largest absolute Gasteiger partial charge is 0.310 e. The minimum absolute atomic E-state index is 0.523. The summed E-state index contributed by atoms with van der Waals surface area (Å²) < 4.78 is 0. The number of anilines is 3. The number of fused-ring (bicyclic) bond motifs is 9. The average molecular weight is 838 g/mol. The monoisotopic (exact) mass is 837 g/mol. The van der Waals surface area contributed by atoms with Gasteiger partial charge in [0.25, 0.3) is 0 Å². The molecular weight excluding hydrogens is 795 g/mol. The van der Waals surface area contributed by atoms with Crippen molar-refractivity contribution in [3.8, 4) is 33.4 Å². The first-order valence-electron chi connectivity index (χ1n) is 22.9. The lowest BCUT2D eigenvalue weighted by molar-refractivity contribution is 0.768. The highest BCUT2D eigenvalue weighted by Crippen LogP contribution is 2.57. The van der Waals surface area contributed by atoms with Crippen LogP contribution >= 0.6 is 0 Å². The summed E-state index contributed by atoms with van der Waals surface area (Å²) in [7, 11) is 0. The van der Waals surface area contributed by atoms with Gasteiger partial charge in [0.15, 0.2) is 0 Å². The lowest BCUT2D eigenvalue weighted by Crippen LogP contribution is -2.28. The molecule has 1 aliphatic rings. The van der Waals surface area contributed by atoms with Gasteiger partial charge >= 0.3 is 0 Å². The molecule has 0 aromatic heterocycles. The summed E-state index contributed by atoms with van der Waals surface area (Å²) in [5.74, 6) is 0. The van der Waals surface area contributed by atoms with Gasteiger partial charge in [-0.05, 0) is 147 Å². The van der Waals surface area contributed by atoms with Gasteiger partial charge in [0.1, 0.15) is 0 Å². The Labute approximate surface area is 385 Å². The predicted molar refractivity (Wildman–Crippen MR) is 279 cm³/mol. The summed E-state index contributed by atoms with van der Waals surface area (Å²) in [6.45, 7) is 0. The van der Waals surface area contributed by atoms with E-state index >= 15 is 0 Å². The molecule has 66 heavy (non-hydrogen) atoms. The highest BCUT2D eigenvalue weighted by Gasteiger charge is 2.46. The fourth-order valence-electron chi connectivity index (χ4n) is 11.1. The molecular formula is C65H43N. The van der Waals surface area contributed by atoms with Crippen molar-refractivity contribution in [1.82, 2.24) is 0 Å². The van der Waals surface area contributed by atoms with Crippen molar-refractivity contribution in [3.05, 3.63) is 283 Å². The van der Waals surface area contributed by atoms with Gasteiger partial charge in [-0.1, -0.05) is 212 Å². The van der Waals surface area contributed by atoms with Crippen LogP contribution in [0.15, 0.2) is 261 Å². The minimum atomic E-state index is -0.523. The van der Waals surface area contributed by atoms with Crippen LogP contribution in [0.3, 0.4) is 0 Å². The van der Waals surface area contributed by atoms with Crippen LogP contribution in [0.2, 0.25) is 0 Å². The maximum Gasteiger partial charge on any atom is 0.0714 e. The first kappa shape index (κ1) is 38.0. The second kappa shape index (κ2) is 15.3. The van der Waals surface area contributed by atoms with Gasteiger partial charge in [-0.3, -0.25) is 0 Å². The number of hydrogen-bond acceptors (Lipinski definition) is 1. The number of benzene rings is 12. The van der Waals surface area contributed by atoms with Crippen molar-refractivity contribution in [3.63, 3.8) is 0 Å². The first-order valence-corrected chi connectivity index (χ1v) is 22.9. The number of rotatable bonds is 7. The number of nitrogens with zero attached hydrogens (tertiary/aromatic N) is 1. The SMILES string of the molecule is c1ccc(C2(c3ccccc3)c3ccccc3-c3ccc(N(c4cccc(-c5ccc6c(ccc7ccccc76)c5)c4)c4cccc(-c5ccc6c(ccc7ccccc76)c5)c4)cc32)cc1. The van der Waals surface area contributed by atoms with Crippen molar-refractivity contribution >= 4 is 60.2 Å². The zero-order valence-corrected chi connectivity index (χ0v) is 36.3. The normalized spacial score (nSPS) is 12.7. The lowest BCUT2D eigenvalue weighted by Gasteiger charge is -2.35. The van der Waals surface area contributed by atoms with Crippen molar-refractivity contribution in [2.24, 2.45) is 0 Å². The van der Waals surface area contributed by atoms with Gasteiger partial charge < -0.3 is 4.90 Å². The average Bonchev–Trinajstić information content (AvgIpc) is 3.69. The molecule has 13 rings (SSSR count). The molecule has 1 aliphatic carbocycles. The van der Waals surface area contributed by atoms with Gasteiger partial charge in [0, 0.05) is 17.1 Å². The van der Waals surface area contributed by atoms with E-state index in [0.29, 0.717) is 0 Å². The van der Waals surface area contributed by atoms with Crippen molar-refractivity contribution in [2.75, 3.05) is 4.90 Å². The zero-order valence-electron chi connectivity index (χ0n) is 36.3. The Kier molecular flexibility index (Phi) is 8.82. The highest BCUT2D eigenvalue weighted by molar-refractivity contribution is 6.09. The van der Waals surface area contributed by atoms with E-state index in [1.165, 1.54) is 98.7 Å². The Morgan fingerprint density at radius 3 is 1.26 bits per heavy atom. The topological polar surface area (TPSA) is 3.24 Å². The molecule has 12 aromatic carbocycles. The molecule has 0 spiro atoms. The van der Waals surface area contributed by atoms with Gasteiger partial charge in [0.2, 0.25) is 0 Å². The third-order valence-electron chi connectivity index (χ3n) is 14.1. The fourth-order valence-corrected chi connectivity index (χ4v) is 11.1. The van der Waals surface area contributed by atoms with Crippen LogP contribution in [0.25, 0.3) is 76.5 Å². The summed E-state index contributed by atoms with van der Waals surface area (Å²) in [6.07, 6.45) is 0. The van der Waals surface area contributed by atoms with Crippen LogP contribution in [-0.4, -0.2) is 0 Å². The van der Waals surface area contributed by atoms with Crippen molar-refractivity contribution < 1.29 is 0 Å². The molecule has 0 aliphatic heterocycles. The smallest absolute Gasteiger partial charge is 0.0714 e. The Morgan fingerprint density at radius 2 is 0.682 bits per heavy atom. The van der Waals surface area contributed by atoms with Crippen LogP contribution < -0.4 is 4.90 Å². The molecule has 0 fully saturated rings. The standard InChI is InChI=1S/C65H43N/c1-3-19-52(20-4-1)65(53-21-5-2-6-22-53)63-28-12-11-27-61(63)62-38-35-56(43-64(62)65)66(54-23-13-17-46(41-54)48-33-36-59-50(39-48)31-29-44-15-7-9-25-57(44)59)55-24-14-18-47(42-55)49-34-37-60-51(40-49)32-30-45-16-8-10-26-58(45)60/h1-43H. The Balaban J connectivity index is 1.01. The second-order valence-corrected chi connectivity index (χ2v) is 17.6. The summed E-state index contributed by atoms with van der Waals surface area (Å²) in [6, 6.07) is 96.6. The third kappa shape index (κ3) is 6.01. The molecule has 0 heterocycles. The van der Waals surface area contributed by atoms with E-state index in [-0.39, 0.29) is 0 Å². The van der Waals surface area contributed by atoms with Crippen LogP contribution in [0.5, 0.6) is 0 Å². The maximum atomic E-state index is 2.47. The third-order valence-corrected chi connectivity index (χ3v) is 14.1. The molecule has 0 saturated heterocycles. The second-order valence-electron chi connectivity index (χ2n) is 17.6. The molecule has 308 valence electrons. The Morgan fingerprint density at radius 1 is 0.242 bits per heavy atom.